The number of alkyl halides is 3. The molecule has 25 heavy (non-hydrogen) atoms. The fourth-order valence-electron chi connectivity index (χ4n) is 2.52. The summed E-state index contributed by atoms with van der Waals surface area (Å²) < 4.78 is 16.8. The van der Waals surface area contributed by atoms with Gasteiger partial charge in [0.2, 0.25) is 0 Å². The first kappa shape index (κ1) is 18.1. The monoisotopic (exact) mass is 399 g/mol. The molecular formula is C18H13Cl3FNO2. The van der Waals surface area contributed by atoms with Gasteiger partial charge in [0.15, 0.2) is 0 Å². The average Bonchev–Trinajstić information content (AvgIpc) is 2.76. The maximum absolute atomic E-state index is 13.1. The molecule has 2 aromatic rings. The van der Waals surface area contributed by atoms with Gasteiger partial charge in [0.25, 0.3) is 9.70 Å². The predicted octanol–water partition coefficient (Wildman–Crippen LogP) is 4.97. The lowest BCUT2D eigenvalue weighted by atomic mass is 9.99. The summed E-state index contributed by atoms with van der Waals surface area (Å²) in [6, 6.07) is 11.2. The van der Waals surface area contributed by atoms with Crippen LogP contribution in [0.5, 0.6) is 5.75 Å². The van der Waals surface area contributed by atoms with E-state index in [4.69, 9.17) is 39.5 Å². The zero-order chi connectivity index (χ0) is 18.0. The number of hydrogen-bond donors (Lipinski definition) is 1. The van der Waals surface area contributed by atoms with Crippen molar-refractivity contribution in [2.24, 2.45) is 0 Å². The smallest absolute Gasteiger partial charge is 0.272 e. The summed E-state index contributed by atoms with van der Waals surface area (Å²) in [4.78, 5) is 12.0. The van der Waals surface area contributed by atoms with Crippen LogP contribution in [0.25, 0.3) is 11.1 Å². The first-order valence-electron chi connectivity index (χ1n) is 7.41. The highest BCUT2D eigenvalue weighted by atomic mass is 35.6. The highest BCUT2D eigenvalue weighted by molar-refractivity contribution is 6.76. The number of fused-ring (bicyclic) bond motifs is 1. The summed E-state index contributed by atoms with van der Waals surface area (Å²) in [7, 11) is 0. The van der Waals surface area contributed by atoms with Gasteiger partial charge in [-0.1, -0.05) is 65.1 Å². The number of amides is 1. The largest absolute Gasteiger partial charge is 0.489 e. The van der Waals surface area contributed by atoms with E-state index in [1.54, 1.807) is 24.3 Å². The third kappa shape index (κ3) is 4.27. The Labute approximate surface area is 159 Å². The van der Waals surface area contributed by atoms with Crippen LogP contribution in [0.3, 0.4) is 0 Å². The molecular weight excluding hydrogens is 388 g/mol. The third-order valence-corrected chi connectivity index (χ3v) is 4.25. The molecule has 0 saturated heterocycles. The molecule has 0 aromatic heterocycles. The lowest BCUT2D eigenvalue weighted by Crippen LogP contribution is -2.36. The lowest BCUT2D eigenvalue weighted by Gasteiger charge is -2.20. The molecule has 7 heteroatoms. The van der Waals surface area contributed by atoms with E-state index in [0.29, 0.717) is 12.4 Å². The van der Waals surface area contributed by atoms with Gasteiger partial charge in [-0.15, -0.1) is 0 Å². The van der Waals surface area contributed by atoms with Crippen molar-refractivity contribution in [2.45, 2.75) is 9.83 Å². The Balaban J connectivity index is 1.92. The maximum Gasteiger partial charge on any atom is 0.272 e. The minimum atomic E-state index is -2.05. The number of carbonyl (C=O) groups is 1. The van der Waals surface area contributed by atoms with Crippen LogP contribution in [0.1, 0.15) is 11.6 Å². The molecule has 0 fully saturated rings. The molecule has 1 aliphatic rings. The summed E-state index contributed by atoms with van der Waals surface area (Å²) in [5.41, 5.74) is 2.46. The van der Waals surface area contributed by atoms with Gasteiger partial charge >= 0.3 is 0 Å². The van der Waals surface area contributed by atoms with E-state index in [9.17, 15) is 9.18 Å². The van der Waals surface area contributed by atoms with Gasteiger partial charge in [0.1, 0.15) is 18.2 Å². The summed E-state index contributed by atoms with van der Waals surface area (Å²) in [5.74, 6) is -0.419. The van der Waals surface area contributed by atoms with Crippen LogP contribution >= 0.6 is 34.8 Å². The Bertz CT molecular complexity index is 816. The van der Waals surface area contributed by atoms with Crippen molar-refractivity contribution in [2.75, 3.05) is 6.61 Å². The van der Waals surface area contributed by atoms with Crippen molar-refractivity contribution < 1.29 is 13.9 Å². The van der Waals surface area contributed by atoms with E-state index in [0.717, 1.165) is 16.7 Å². The van der Waals surface area contributed by atoms with Gasteiger partial charge in [-0.2, -0.15) is 0 Å². The minimum absolute atomic E-state index is 0.298. The number of nitrogens with one attached hydrogen (secondary N) is 1. The van der Waals surface area contributed by atoms with Gasteiger partial charge in [-0.3, -0.25) is 4.79 Å². The lowest BCUT2D eigenvalue weighted by molar-refractivity contribution is -0.120. The van der Waals surface area contributed by atoms with Crippen molar-refractivity contribution in [3.63, 3.8) is 0 Å². The molecule has 1 heterocycles. The topological polar surface area (TPSA) is 38.3 Å². The molecule has 2 aromatic carbocycles. The van der Waals surface area contributed by atoms with E-state index in [-0.39, 0.29) is 5.82 Å². The molecule has 3 nitrogen and oxygen atoms in total. The zero-order valence-corrected chi connectivity index (χ0v) is 15.1. The van der Waals surface area contributed by atoms with Crippen molar-refractivity contribution >= 4 is 40.7 Å². The number of hydrogen-bond acceptors (Lipinski definition) is 2. The molecule has 0 bridgehead atoms. The number of benzene rings is 2. The minimum Gasteiger partial charge on any atom is -0.489 e. The first-order valence-corrected chi connectivity index (χ1v) is 8.55. The summed E-state index contributed by atoms with van der Waals surface area (Å²) in [6.45, 7) is 0.347. The second-order valence-electron chi connectivity index (χ2n) is 5.45. The molecule has 1 aliphatic heterocycles. The molecule has 130 valence electrons. The van der Waals surface area contributed by atoms with Gasteiger partial charge in [-0.25, -0.2) is 4.39 Å². The molecule has 1 unspecified atom stereocenters. The van der Waals surface area contributed by atoms with Crippen molar-refractivity contribution in [1.29, 1.82) is 0 Å². The van der Waals surface area contributed by atoms with Crippen molar-refractivity contribution in [3.8, 4) is 16.9 Å². The Morgan fingerprint density at radius 3 is 2.48 bits per heavy atom. The summed E-state index contributed by atoms with van der Waals surface area (Å²) >= 11 is 16.9. The van der Waals surface area contributed by atoms with Crippen molar-refractivity contribution in [1.82, 2.24) is 5.32 Å². The molecule has 1 amide bonds. The molecule has 1 atom stereocenters. The van der Waals surface area contributed by atoms with Crippen LogP contribution in [-0.2, 0) is 4.79 Å². The van der Waals surface area contributed by atoms with E-state index < -0.39 is 15.7 Å². The standard InChI is InChI=1S/C18H13Cl3FNO2/c19-18(20,21)17(24)23-15-2-1-9-25-16-10-12(5-8-14(15)16)11-3-6-13(22)7-4-11/h1-8,10,15H,9H2,(H,23,24). The van der Waals surface area contributed by atoms with E-state index in [1.807, 2.05) is 18.2 Å². The van der Waals surface area contributed by atoms with E-state index in [2.05, 4.69) is 5.32 Å². The Kier molecular flexibility index (Phi) is 5.23. The van der Waals surface area contributed by atoms with Crippen molar-refractivity contribution in [3.05, 3.63) is 66.0 Å². The maximum atomic E-state index is 13.1. The third-order valence-electron chi connectivity index (χ3n) is 3.73. The Hall–Kier alpha value is -1.75. The predicted molar refractivity (Wildman–Crippen MR) is 97.6 cm³/mol. The first-order chi connectivity index (χ1) is 11.8. The van der Waals surface area contributed by atoms with Crippen LogP contribution in [0.2, 0.25) is 0 Å². The Morgan fingerprint density at radius 1 is 1.12 bits per heavy atom. The summed E-state index contributed by atoms with van der Waals surface area (Å²) in [6.07, 6.45) is 3.55. The van der Waals surface area contributed by atoms with Gasteiger partial charge < -0.3 is 10.1 Å². The fourth-order valence-corrected chi connectivity index (χ4v) is 2.68. The molecule has 1 N–H and O–H groups in total. The number of carbonyl (C=O) groups excluding carboxylic acids is 1. The molecule has 0 aliphatic carbocycles. The fraction of sp³-hybridized carbons (Fsp3) is 0.167. The van der Waals surface area contributed by atoms with Crippen LogP contribution < -0.4 is 10.1 Å². The molecule has 0 radical (unpaired) electrons. The van der Waals surface area contributed by atoms with E-state index in [1.165, 1.54) is 12.1 Å². The Morgan fingerprint density at radius 2 is 1.80 bits per heavy atom. The molecule has 3 rings (SSSR count). The van der Waals surface area contributed by atoms with Crippen LogP contribution in [-0.4, -0.2) is 16.3 Å². The number of halogens is 4. The van der Waals surface area contributed by atoms with Gasteiger partial charge in [0.05, 0.1) is 6.04 Å². The van der Waals surface area contributed by atoms with Crippen LogP contribution in [0, 0.1) is 5.82 Å². The van der Waals surface area contributed by atoms with E-state index >= 15 is 0 Å². The second-order valence-corrected chi connectivity index (χ2v) is 7.73. The quantitative estimate of drug-likeness (QED) is 0.571. The number of ether oxygens (including phenoxy) is 1. The van der Waals surface area contributed by atoms with Crippen LogP contribution in [0.4, 0.5) is 4.39 Å². The zero-order valence-electron chi connectivity index (χ0n) is 12.8. The summed E-state index contributed by atoms with van der Waals surface area (Å²) in [5, 5.41) is 2.67. The SMILES string of the molecule is O=C(NC1C=CCOc2cc(-c3ccc(F)cc3)ccc21)C(Cl)(Cl)Cl. The highest BCUT2D eigenvalue weighted by Gasteiger charge is 2.32. The number of rotatable bonds is 2. The normalized spacial score (nSPS) is 16.6. The van der Waals surface area contributed by atoms with Gasteiger partial charge in [0, 0.05) is 5.56 Å². The highest BCUT2D eigenvalue weighted by Crippen LogP contribution is 2.34. The second kappa shape index (κ2) is 7.24. The van der Waals surface area contributed by atoms with Crippen LogP contribution in [0.15, 0.2) is 54.6 Å². The van der Waals surface area contributed by atoms with Gasteiger partial charge in [-0.05, 0) is 35.4 Å². The molecule has 0 spiro atoms. The molecule has 0 saturated carbocycles. The average molecular weight is 401 g/mol.